The smallest absolute Gasteiger partial charge is 0.188 e. The topological polar surface area (TPSA) is 101 Å². The maximum Gasteiger partial charge on any atom is 0.188 e. The average Bonchev–Trinajstić information content (AvgIpc) is 2.53. The second-order valence-corrected chi connectivity index (χ2v) is 5.87. The van der Waals surface area contributed by atoms with E-state index < -0.39 is 17.3 Å². The summed E-state index contributed by atoms with van der Waals surface area (Å²) in [5.41, 5.74) is 1.32. The van der Waals surface area contributed by atoms with Crippen molar-refractivity contribution in [2.24, 2.45) is 0 Å². The van der Waals surface area contributed by atoms with Crippen LogP contribution in [0.15, 0.2) is 48.1 Å². The van der Waals surface area contributed by atoms with Gasteiger partial charge in [-0.05, 0) is 49.6 Å². The van der Waals surface area contributed by atoms with E-state index in [1.807, 2.05) is 13.8 Å². The molecule has 2 aromatic carbocycles. The van der Waals surface area contributed by atoms with Gasteiger partial charge in [0, 0.05) is 6.07 Å². The van der Waals surface area contributed by atoms with Gasteiger partial charge in [0.2, 0.25) is 0 Å². The summed E-state index contributed by atoms with van der Waals surface area (Å²) in [5, 5.41) is 41.5. The highest BCUT2D eigenvalue weighted by Crippen LogP contribution is 2.36. The van der Waals surface area contributed by atoms with Crippen LogP contribution < -0.4 is 5.11 Å². The maximum atomic E-state index is 12.5. The van der Waals surface area contributed by atoms with Gasteiger partial charge in [-0.1, -0.05) is 35.6 Å². The van der Waals surface area contributed by atoms with Gasteiger partial charge in [-0.3, -0.25) is 4.79 Å². The molecule has 2 aromatic rings. The molecule has 25 heavy (non-hydrogen) atoms. The predicted octanol–water partition coefficient (Wildman–Crippen LogP) is 3.28. The number of hydrogen-bond acceptors (Lipinski definition) is 5. The molecule has 0 aliphatic heterocycles. The van der Waals surface area contributed by atoms with Crippen molar-refractivity contribution in [2.75, 3.05) is 0 Å². The second-order valence-electron chi connectivity index (χ2n) is 5.87. The minimum atomic E-state index is -0.685. The fourth-order valence-electron chi connectivity index (χ4n) is 2.25. The van der Waals surface area contributed by atoms with Gasteiger partial charge < -0.3 is 20.4 Å². The summed E-state index contributed by atoms with van der Waals surface area (Å²) in [4.78, 5) is 12.3. The molecule has 0 bridgehead atoms. The highest BCUT2D eigenvalue weighted by molar-refractivity contribution is 6.10. The monoisotopic (exact) mass is 339 g/mol. The summed E-state index contributed by atoms with van der Waals surface area (Å²) < 4.78 is 0. The number of carbonyl (C=O) groups is 1. The number of phenols is 3. The molecule has 0 unspecified atom stereocenters. The molecule has 0 spiro atoms. The van der Waals surface area contributed by atoms with Crippen molar-refractivity contribution >= 4 is 11.9 Å². The van der Waals surface area contributed by atoms with Crippen molar-refractivity contribution in [3.8, 4) is 23.0 Å². The summed E-state index contributed by atoms with van der Waals surface area (Å²) in [6.07, 6.45) is 4.58. The predicted molar refractivity (Wildman–Crippen MR) is 93.8 cm³/mol. The molecule has 0 fully saturated rings. The number of rotatable bonds is 5. The van der Waals surface area contributed by atoms with Crippen molar-refractivity contribution in [2.45, 2.75) is 20.3 Å². The SMILES string of the molecule is CC(C)=CCc1c(O)cc(O)c(C(=O)/C=C/c2ccc(O)cc2)c1[O-]. The van der Waals surface area contributed by atoms with Crippen molar-refractivity contribution in [1.29, 1.82) is 0 Å². The first-order valence-corrected chi connectivity index (χ1v) is 7.69. The van der Waals surface area contributed by atoms with Crippen LogP contribution in [-0.4, -0.2) is 21.1 Å². The summed E-state index contributed by atoms with van der Waals surface area (Å²) >= 11 is 0. The third kappa shape index (κ3) is 4.41. The summed E-state index contributed by atoms with van der Waals surface area (Å²) in [6, 6.07) is 7.16. The number of carbonyl (C=O) groups excluding carboxylic acids is 1. The molecule has 0 saturated carbocycles. The fourth-order valence-corrected chi connectivity index (χ4v) is 2.25. The Morgan fingerprint density at radius 3 is 2.32 bits per heavy atom. The Morgan fingerprint density at radius 2 is 1.72 bits per heavy atom. The molecule has 5 nitrogen and oxygen atoms in total. The third-order valence-corrected chi connectivity index (χ3v) is 3.62. The van der Waals surface area contributed by atoms with E-state index >= 15 is 0 Å². The summed E-state index contributed by atoms with van der Waals surface area (Å²) in [6.45, 7) is 3.71. The molecule has 0 aromatic heterocycles. The van der Waals surface area contributed by atoms with Crippen molar-refractivity contribution in [1.82, 2.24) is 0 Å². The van der Waals surface area contributed by atoms with E-state index in [-0.39, 0.29) is 29.0 Å². The molecule has 130 valence electrons. The van der Waals surface area contributed by atoms with E-state index in [0.717, 1.165) is 11.6 Å². The number of ketones is 1. The van der Waals surface area contributed by atoms with Gasteiger partial charge in [0.25, 0.3) is 0 Å². The Kier molecular flexibility index (Phi) is 5.49. The highest BCUT2D eigenvalue weighted by atomic mass is 16.3. The van der Waals surface area contributed by atoms with Crippen molar-refractivity contribution < 1.29 is 25.2 Å². The second kappa shape index (κ2) is 7.57. The minimum Gasteiger partial charge on any atom is -0.872 e. The molecule has 0 amide bonds. The minimum absolute atomic E-state index is 0.0698. The van der Waals surface area contributed by atoms with Gasteiger partial charge in [0.1, 0.15) is 17.2 Å². The number of phenolic OH excluding ortho intramolecular Hbond substituents is 3. The zero-order valence-corrected chi connectivity index (χ0v) is 14.0. The molecular formula is C20H19O5-. The van der Waals surface area contributed by atoms with Crippen LogP contribution in [-0.2, 0) is 6.42 Å². The first kappa shape index (κ1) is 18.1. The lowest BCUT2D eigenvalue weighted by atomic mass is 9.99. The van der Waals surface area contributed by atoms with E-state index in [2.05, 4.69) is 0 Å². The van der Waals surface area contributed by atoms with Crippen LogP contribution in [0.4, 0.5) is 0 Å². The van der Waals surface area contributed by atoms with E-state index in [1.165, 1.54) is 24.3 Å². The Balaban J connectivity index is 2.37. The fraction of sp³-hybridized carbons (Fsp3) is 0.150. The molecule has 0 heterocycles. The van der Waals surface area contributed by atoms with Gasteiger partial charge in [-0.2, -0.15) is 0 Å². The van der Waals surface area contributed by atoms with Crippen LogP contribution in [0.5, 0.6) is 23.0 Å². The standard InChI is InChI=1S/C20H20O5/c1-12(2)3-9-15-17(23)11-18(24)19(20(15)25)16(22)10-6-13-4-7-14(21)8-5-13/h3-8,10-11,21,23-25H,9H2,1-2H3/p-1/b10-6+. The maximum absolute atomic E-state index is 12.5. The van der Waals surface area contributed by atoms with Crippen molar-refractivity contribution in [3.05, 3.63) is 64.7 Å². The molecule has 3 N–H and O–H groups in total. The Hall–Kier alpha value is -3.21. The first-order chi connectivity index (χ1) is 11.8. The summed E-state index contributed by atoms with van der Waals surface area (Å²) in [5.74, 6) is -2.13. The zero-order valence-electron chi connectivity index (χ0n) is 14.0. The van der Waals surface area contributed by atoms with Gasteiger partial charge >= 0.3 is 0 Å². The number of aromatic hydroxyl groups is 3. The van der Waals surface area contributed by atoms with Crippen LogP contribution in [0.3, 0.4) is 0 Å². The molecule has 0 radical (unpaired) electrons. The largest absolute Gasteiger partial charge is 0.872 e. The van der Waals surface area contributed by atoms with Gasteiger partial charge in [0.15, 0.2) is 5.78 Å². The van der Waals surface area contributed by atoms with Crippen LogP contribution in [0.1, 0.15) is 35.3 Å². The van der Waals surface area contributed by atoms with Gasteiger partial charge in [0.05, 0.1) is 5.56 Å². The lowest BCUT2D eigenvalue weighted by Gasteiger charge is -2.19. The van der Waals surface area contributed by atoms with Crippen LogP contribution >= 0.6 is 0 Å². The average molecular weight is 339 g/mol. The third-order valence-electron chi connectivity index (χ3n) is 3.62. The first-order valence-electron chi connectivity index (χ1n) is 7.69. The number of allylic oxidation sites excluding steroid dienone is 3. The molecule has 0 aliphatic carbocycles. The highest BCUT2D eigenvalue weighted by Gasteiger charge is 2.15. The van der Waals surface area contributed by atoms with E-state index in [0.29, 0.717) is 5.56 Å². The van der Waals surface area contributed by atoms with Crippen LogP contribution in [0, 0.1) is 0 Å². The van der Waals surface area contributed by atoms with E-state index in [1.54, 1.807) is 18.2 Å². The van der Waals surface area contributed by atoms with E-state index in [9.17, 15) is 25.2 Å². The number of hydrogen-bond donors (Lipinski definition) is 3. The molecular weight excluding hydrogens is 320 g/mol. The molecule has 0 aliphatic rings. The molecule has 2 rings (SSSR count). The zero-order chi connectivity index (χ0) is 18.6. The van der Waals surface area contributed by atoms with Gasteiger partial charge in [-0.25, -0.2) is 0 Å². The molecule has 0 saturated heterocycles. The quantitative estimate of drug-likeness (QED) is 0.441. The van der Waals surface area contributed by atoms with Crippen LogP contribution in [0.25, 0.3) is 6.08 Å². The Labute approximate surface area is 145 Å². The summed E-state index contributed by atoms with van der Waals surface area (Å²) in [7, 11) is 0. The van der Waals surface area contributed by atoms with Gasteiger partial charge in [-0.15, -0.1) is 0 Å². The van der Waals surface area contributed by atoms with Crippen molar-refractivity contribution in [3.63, 3.8) is 0 Å². The number of benzene rings is 2. The lowest BCUT2D eigenvalue weighted by molar-refractivity contribution is -0.269. The molecule has 0 atom stereocenters. The lowest BCUT2D eigenvalue weighted by Crippen LogP contribution is -2.07. The Bertz CT molecular complexity index is 841. The molecule has 5 heteroatoms. The van der Waals surface area contributed by atoms with Crippen LogP contribution in [0.2, 0.25) is 0 Å². The normalized spacial score (nSPS) is 10.8. The van der Waals surface area contributed by atoms with E-state index in [4.69, 9.17) is 0 Å². The Morgan fingerprint density at radius 1 is 1.08 bits per heavy atom.